The van der Waals surface area contributed by atoms with Gasteiger partial charge in [-0.25, -0.2) is 4.39 Å². The molecule has 1 aromatic heterocycles. The topological polar surface area (TPSA) is 62.3 Å². The molecular formula is C25H21F4N3O2. The minimum absolute atomic E-state index is 0.0238. The molecule has 0 spiro atoms. The van der Waals surface area contributed by atoms with E-state index in [1.807, 2.05) is 0 Å². The van der Waals surface area contributed by atoms with Crippen molar-refractivity contribution in [1.29, 1.82) is 0 Å². The summed E-state index contributed by atoms with van der Waals surface area (Å²) in [5.74, 6) is -2.68. The molecule has 0 aliphatic carbocycles. The number of hydrogen-bond donors (Lipinski definition) is 1. The lowest BCUT2D eigenvalue weighted by molar-refractivity contribution is -0.137. The van der Waals surface area contributed by atoms with E-state index in [1.54, 1.807) is 24.5 Å². The summed E-state index contributed by atoms with van der Waals surface area (Å²) >= 11 is 0. The van der Waals surface area contributed by atoms with Crippen molar-refractivity contribution in [3.8, 4) is 0 Å². The van der Waals surface area contributed by atoms with Gasteiger partial charge in [-0.2, -0.15) is 13.2 Å². The highest BCUT2D eigenvalue weighted by atomic mass is 19.4. The first-order valence-corrected chi connectivity index (χ1v) is 10.6. The largest absolute Gasteiger partial charge is 0.416 e. The first-order chi connectivity index (χ1) is 16.2. The van der Waals surface area contributed by atoms with Crippen LogP contribution in [-0.2, 0) is 17.5 Å². The third-order valence-electron chi connectivity index (χ3n) is 5.87. The Labute approximate surface area is 193 Å². The maximum absolute atomic E-state index is 13.3. The molecule has 1 aliphatic rings. The van der Waals surface area contributed by atoms with E-state index in [0.29, 0.717) is 5.56 Å². The van der Waals surface area contributed by atoms with E-state index >= 15 is 0 Å². The van der Waals surface area contributed by atoms with Gasteiger partial charge < -0.3 is 10.2 Å². The monoisotopic (exact) mass is 471 g/mol. The lowest BCUT2D eigenvalue weighted by Crippen LogP contribution is -2.35. The van der Waals surface area contributed by atoms with Crippen LogP contribution >= 0.6 is 0 Å². The van der Waals surface area contributed by atoms with Gasteiger partial charge in [0.25, 0.3) is 5.91 Å². The maximum Gasteiger partial charge on any atom is 0.416 e. The summed E-state index contributed by atoms with van der Waals surface area (Å²) in [6.45, 7) is 0.281. The van der Waals surface area contributed by atoms with Gasteiger partial charge in [-0.1, -0.05) is 24.3 Å². The lowest BCUT2D eigenvalue weighted by atomic mass is 9.87. The number of pyridine rings is 1. The molecule has 3 aromatic rings. The van der Waals surface area contributed by atoms with Crippen molar-refractivity contribution in [2.75, 3.05) is 13.1 Å². The van der Waals surface area contributed by atoms with Crippen LogP contribution in [0, 0.1) is 11.7 Å². The van der Waals surface area contributed by atoms with Crippen LogP contribution in [0.3, 0.4) is 0 Å². The Kier molecular flexibility index (Phi) is 6.63. The molecular weight excluding hydrogens is 450 g/mol. The number of amides is 2. The van der Waals surface area contributed by atoms with E-state index < -0.39 is 35.3 Å². The average molecular weight is 471 g/mol. The molecule has 2 amide bonds. The first-order valence-electron chi connectivity index (χ1n) is 10.6. The van der Waals surface area contributed by atoms with Crippen LogP contribution < -0.4 is 5.32 Å². The number of alkyl halides is 3. The van der Waals surface area contributed by atoms with Crippen molar-refractivity contribution in [2.24, 2.45) is 5.92 Å². The molecule has 2 heterocycles. The summed E-state index contributed by atoms with van der Waals surface area (Å²) in [6, 6.07) is 13.3. The van der Waals surface area contributed by atoms with Gasteiger partial charge in [0.05, 0.1) is 11.5 Å². The molecule has 1 aliphatic heterocycles. The zero-order chi connectivity index (χ0) is 24.3. The third-order valence-corrected chi connectivity index (χ3v) is 5.87. The lowest BCUT2D eigenvalue weighted by Gasteiger charge is -2.19. The first kappa shape index (κ1) is 23.4. The molecule has 2 atom stereocenters. The van der Waals surface area contributed by atoms with Gasteiger partial charge in [0.2, 0.25) is 5.91 Å². The van der Waals surface area contributed by atoms with E-state index in [2.05, 4.69) is 10.3 Å². The summed E-state index contributed by atoms with van der Waals surface area (Å²) in [4.78, 5) is 31.5. The summed E-state index contributed by atoms with van der Waals surface area (Å²) < 4.78 is 53.2. The summed E-state index contributed by atoms with van der Waals surface area (Å²) in [5.41, 5.74) is 0.512. The SMILES string of the molecule is O=C(NCc1cccnc1)C1CN(C(=O)c2ccc(F)cc2)CC1c1cccc(C(F)(F)F)c1. The molecule has 1 N–H and O–H groups in total. The minimum Gasteiger partial charge on any atom is -0.352 e. The molecule has 2 aromatic carbocycles. The molecule has 0 bridgehead atoms. The van der Waals surface area contributed by atoms with Crippen molar-refractivity contribution in [1.82, 2.24) is 15.2 Å². The van der Waals surface area contributed by atoms with Crippen LogP contribution in [0.4, 0.5) is 17.6 Å². The number of likely N-dealkylation sites (tertiary alicyclic amines) is 1. The van der Waals surface area contributed by atoms with Gasteiger partial charge in [0.15, 0.2) is 0 Å². The zero-order valence-electron chi connectivity index (χ0n) is 17.9. The Bertz CT molecular complexity index is 1170. The summed E-state index contributed by atoms with van der Waals surface area (Å²) in [6.07, 6.45) is -1.33. The molecule has 5 nitrogen and oxygen atoms in total. The Balaban J connectivity index is 1.59. The second kappa shape index (κ2) is 9.62. The Morgan fingerprint density at radius 3 is 2.47 bits per heavy atom. The van der Waals surface area contributed by atoms with Crippen LogP contribution in [-0.4, -0.2) is 34.8 Å². The van der Waals surface area contributed by atoms with E-state index in [1.165, 1.54) is 29.2 Å². The van der Waals surface area contributed by atoms with Crippen LogP contribution in [0.1, 0.15) is 33.0 Å². The van der Waals surface area contributed by atoms with Gasteiger partial charge in [0, 0.05) is 43.5 Å². The molecule has 1 fully saturated rings. The highest BCUT2D eigenvalue weighted by molar-refractivity contribution is 5.95. The van der Waals surface area contributed by atoms with Gasteiger partial charge >= 0.3 is 6.18 Å². The number of nitrogens with one attached hydrogen (secondary N) is 1. The predicted molar refractivity (Wildman–Crippen MR) is 116 cm³/mol. The fraction of sp³-hybridized carbons (Fsp3) is 0.240. The molecule has 34 heavy (non-hydrogen) atoms. The Morgan fingerprint density at radius 2 is 1.79 bits per heavy atom. The fourth-order valence-electron chi connectivity index (χ4n) is 4.12. The van der Waals surface area contributed by atoms with E-state index in [9.17, 15) is 27.2 Å². The van der Waals surface area contributed by atoms with Crippen molar-refractivity contribution in [3.05, 3.63) is 101 Å². The van der Waals surface area contributed by atoms with Crippen molar-refractivity contribution >= 4 is 11.8 Å². The van der Waals surface area contributed by atoms with Crippen LogP contribution in [0.5, 0.6) is 0 Å². The smallest absolute Gasteiger partial charge is 0.352 e. The average Bonchev–Trinajstić information content (AvgIpc) is 3.28. The molecule has 0 radical (unpaired) electrons. The normalized spacial score (nSPS) is 18.1. The van der Waals surface area contributed by atoms with Crippen molar-refractivity contribution < 1.29 is 27.2 Å². The zero-order valence-corrected chi connectivity index (χ0v) is 17.9. The van der Waals surface area contributed by atoms with Crippen LogP contribution in [0.2, 0.25) is 0 Å². The number of benzene rings is 2. The second-order valence-corrected chi connectivity index (χ2v) is 8.13. The molecule has 1 saturated heterocycles. The van der Waals surface area contributed by atoms with E-state index in [0.717, 1.165) is 29.8 Å². The molecule has 176 valence electrons. The quantitative estimate of drug-likeness (QED) is 0.561. The van der Waals surface area contributed by atoms with Gasteiger partial charge in [-0.05, 0) is 47.5 Å². The number of hydrogen-bond acceptors (Lipinski definition) is 3. The molecule has 9 heteroatoms. The minimum atomic E-state index is -4.53. The molecule has 0 saturated carbocycles. The summed E-state index contributed by atoms with van der Waals surface area (Å²) in [5, 5.41) is 2.80. The molecule has 2 unspecified atom stereocenters. The number of carbonyl (C=O) groups excluding carboxylic acids is 2. The number of nitrogens with zero attached hydrogens (tertiary/aromatic N) is 2. The van der Waals surface area contributed by atoms with Crippen molar-refractivity contribution in [3.63, 3.8) is 0 Å². The van der Waals surface area contributed by atoms with E-state index in [4.69, 9.17) is 0 Å². The van der Waals surface area contributed by atoms with Crippen molar-refractivity contribution in [2.45, 2.75) is 18.6 Å². The molecule has 4 rings (SSSR count). The highest BCUT2D eigenvalue weighted by Gasteiger charge is 2.41. The number of halogens is 4. The second-order valence-electron chi connectivity index (χ2n) is 8.13. The third kappa shape index (κ3) is 5.24. The van der Waals surface area contributed by atoms with E-state index in [-0.39, 0.29) is 31.1 Å². The Hall–Kier alpha value is -3.75. The maximum atomic E-state index is 13.3. The standard InChI is InChI=1S/C25H21F4N3O2/c26-20-8-6-17(7-9-20)24(34)32-14-21(18-4-1-5-19(11-18)25(27,28)29)22(15-32)23(33)31-13-16-3-2-10-30-12-16/h1-12,21-22H,13-15H2,(H,31,33). The summed E-state index contributed by atoms with van der Waals surface area (Å²) in [7, 11) is 0. The predicted octanol–water partition coefficient (Wildman–Crippen LogP) is 4.41. The number of aromatic nitrogens is 1. The van der Waals surface area contributed by atoms with Gasteiger partial charge in [0.1, 0.15) is 5.82 Å². The Morgan fingerprint density at radius 1 is 1.03 bits per heavy atom. The number of rotatable bonds is 5. The number of carbonyl (C=O) groups is 2. The van der Waals surface area contributed by atoms with Gasteiger partial charge in [-0.15, -0.1) is 0 Å². The van der Waals surface area contributed by atoms with Crippen LogP contribution in [0.15, 0.2) is 73.1 Å². The highest BCUT2D eigenvalue weighted by Crippen LogP contribution is 2.37. The fourth-order valence-corrected chi connectivity index (χ4v) is 4.12. The van der Waals surface area contributed by atoms with Crippen LogP contribution in [0.25, 0.3) is 0 Å². The van der Waals surface area contributed by atoms with Gasteiger partial charge in [-0.3, -0.25) is 14.6 Å².